The first-order valence-corrected chi connectivity index (χ1v) is 11.5. The molecule has 2 aromatic carbocycles. The number of aryl methyl sites for hydroxylation is 1. The van der Waals surface area contributed by atoms with Crippen molar-refractivity contribution in [1.29, 1.82) is 0 Å². The summed E-state index contributed by atoms with van der Waals surface area (Å²) in [5.74, 6) is 1.41. The van der Waals surface area contributed by atoms with Crippen LogP contribution in [0.3, 0.4) is 0 Å². The minimum Gasteiger partial charge on any atom is -0.497 e. The highest BCUT2D eigenvalue weighted by molar-refractivity contribution is 7.99. The van der Waals surface area contributed by atoms with Gasteiger partial charge >= 0.3 is 0 Å². The second-order valence-electron chi connectivity index (χ2n) is 7.68. The molecule has 0 aliphatic carbocycles. The molecule has 0 aliphatic heterocycles. The quantitative estimate of drug-likeness (QED) is 0.322. The van der Waals surface area contributed by atoms with E-state index in [-0.39, 0.29) is 5.82 Å². The van der Waals surface area contributed by atoms with E-state index in [0.29, 0.717) is 6.42 Å². The lowest BCUT2D eigenvalue weighted by Gasteiger charge is -2.10. The number of imidazole rings is 1. The lowest BCUT2D eigenvalue weighted by atomic mass is 10.1. The van der Waals surface area contributed by atoms with Crippen LogP contribution in [0.15, 0.2) is 71.2 Å². The van der Waals surface area contributed by atoms with Gasteiger partial charge in [0.25, 0.3) is 0 Å². The Morgan fingerprint density at radius 3 is 2.91 bits per heavy atom. The highest BCUT2D eigenvalue weighted by atomic mass is 32.2. The van der Waals surface area contributed by atoms with Gasteiger partial charge in [0.15, 0.2) is 5.16 Å². The summed E-state index contributed by atoms with van der Waals surface area (Å²) in [6.07, 6.45) is 7.90. The van der Waals surface area contributed by atoms with Crippen molar-refractivity contribution in [3.05, 3.63) is 84.1 Å². The van der Waals surface area contributed by atoms with Crippen molar-refractivity contribution in [1.82, 2.24) is 29.7 Å². The maximum atomic E-state index is 13.6. The molecule has 0 amide bonds. The summed E-state index contributed by atoms with van der Waals surface area (Å²) in [6, 6.07) is 12.7. The third-order valence-corrected chi connectivity index (χ3v) is 6.47. The van der Waals surface area contributed by atoms with Gasteiger partial charge in [-0.15, -0.1) is 10.2 Å². The van der Waals surface area contributed by atoms with Crippen LogP contribution in [0.1, 0.15) is 23.5 Å². The van der Waals surface area contributed by atoms with Crippen LogP contribution in [-0.4, -0.2) is 36.8 Å². The van der Waals surface area contributed by atoms with Crippen molar-refractivity contribution in [2.24, 2.45) is 0 Å². The monoisotopic (exact) mass is 462 g/mol. The van der Waals surface area contributed by atoms with E-state index in [1.165, 1.54) is 12.1 Å². The van der Waals surface area contributed by atoms with Crippen molar-refractivity contribution in [3.8, 4) is 5.75 Å². The number of halogens is 1. The number of methoxy groups -OCH3 is 1. The molecule has 0 atom stereocenters. The first-order valence-electron chi connectivity index (χ1n) is 10.7. The molecule has 0 saturated heterocycles. The minimum atomic E-state index is -0.255. The van der Waals surface area contributed by atoms with Crippen LogP contribution >= 0.6 is 11.8 Å². The van der Waals surface area contributed by atoms with E-state index in [4.69, 9.17) is 4.74 Å². The Balaban J connectivity index is 1.42. The molecule has 2 N–H and O–H groups in total. The zero-order valence-corrected chi connectivity index (χ0v) is 18.9. The number of hydrogen-bond acceptors (Lipinski definition) is 5. The van der Waals surface area contributed by atoms with Gasteiger partial charge in [0.05, 0.1) is 19.1 Å². The fourth-order valence-corrected chi connectivity index (χ4v) is 4.76. The van der Waals surface area contributed by atoms with Crippen LogP contribution in [0.25, 0.3) is 10.9 Å². The Labute approximate surface area is 194 Å². The van der Waals surface area contributed by atoms with Crippen LogP contribution in [0.4, 0.5) is 4.39 Å². The normalized spacial score (nSPS) is 11.3. The van der Waals surface area contributed by atoms with Gasteiger partial charge in [0, 0.05) is 41.2 Å². The summed E-state index contributed by atoms with van der Waals surface area (Å²) in [4.78, 5) is 11.5. The van der Waals surface area contributed by atoms with Crippen LogP contribution in [0.2, 0.25) is 0 Å². The third-order valence-electron chi connectivity index (χ3n) is 5.49. The average Bonchev–Trinajstić information content (AvgIpc) is 3.56. The Hall–Kier alpha value is -3.59. The lowest BCUT2D eigenvalue weighted by molar-refractivity contribution is 0.413. The summed E-state index contributed by atoms with van der Waals surface area (Å²) in [6.45, 7) is 0.762. The molecule has 0 fully saturated rings. The third kappa shape index (κ3) is 4.78. The Bertz CT molecular complexity index is 1360. The fraction of sp³-hybridized carbons (Fsp3) is 0.208. The topological polar surface area (TPSA) is 84.4 Å². The molecule has 7 nitrogen and oxygen atoms in total. The summed E-state index contributed by atoms with van der Waals surface area (Å²) >= 11 is 1.56. The van der Waals surface area contributed by atoms with E-state index in [1.54, 1.807) is 31.3 Å². The van der Waals surface area contributed by atoms with Crippen molar-refractivity contribution >= 4 is 22.7 Å². The predicted molar refractivity (Wildman–Crippen MR) is 125 cm³/mol. The number of nitrogens with zero attached hydrogens (tertiary/aromatic N) is 4. The average molecular weight is 463 g/mol. The number of ether oxygens (including phenoxy) is 1. The van der Waals surface area contributed by atoms with Gasteiger partial charge in [0.1, 0.15) is 17.4 Å². The van der Waals surface area contributed by atoms with Crippen LogP contribution in [-0.2, 0) is 19.4 Å². The Morgan fingerprint density at radius 2 is 2.06 bits per heavy atom. The number of benzene rings is 2. The maximum absolute atomic E-state index is 13.6. The van der Waals surface area contributed by atoms with Crippen molar-refractivity contribution in [2.45, 2.75) is 35.9 Å². The van der Waals surface area contributed by atoms with Crippen LogP contribution in [0.5, 0.6) is 5.75 Å². The Kier molecular flexibility index (Phi) is 6.12. The van der Waals surface area contributed by atoms with Gasteiger partial charge in [-0.25, -0.2) is 9.37 Å². The summed E-state index contributed by atoms with van der Waals surface area (Å²) < 4.78 is 21.1. The van der Waals surface area contributed by atoms with Crippen molar-refractivity contribution < 1.29 is 9.13 Å². The molecule has 0 saturated carbocycles. The number of aromatic amines is 2. The van der Waals surface area contributed by atoms with Gasteiger partial charge in [-0.3, -0.25) is 0 Å². The molecule has 168 valence electrons. The van der Waals surface area contributed by atoms with Crippen LogP contribution < -0.4 is 4.74 Å². The predicted octanol–water partition coefficient (Wildman–Crippen LogP) is 5.01. The first kappa shape index (κ1) is 21.3. The van der Waals surface area contributed by atoms with Crippen molar-refractivity contribution in [3.63, 3.8) is 0 Å². The second-order valence-corrected chi connectivity index (χ2v) is 8.72. The van der Waals surface area contributed by atoms with Gasteiger partial charge in [0.2, 0.25) is 0 Å². The van der Waals surface area contributed by atoms with E-state index in [1.807, 2.05) is 36.7 Å². The summed E-state index contributed by atoms with van der Waals surface area (Å²) in [7, 11) is 1.66. The van der Waals surface area contributed by atoms with Gasteiger partial charge < -0.3 is 19.3 Å². The van der Waals surface area contributed by atoms with E-state index in [9.17, 15) is 4.39 Å². The molecular weight excluding hydrogens is 439 g/mol. The molecule has 3 heterocycles. The zero-order valence-electron chi connectivity index (χ0n) is 18.1. The SMILES string of the molecule is COc1cccc(Sc2nnc(Cc3c[nH]c4cc(F)ccc34)n2CCCc2c[nH]cn2)c1. The van der Waals surface area contributed by atoms with Crippen LogP contribution in [0, 0.1) is 5.82 Å². The highest BCUT2D eigenvalue weighted by Crippen LogP contribution is 2.30. The molecule has 3 aromatic heterocycles. The molecule has 0 spiro atoms. The molecule has 5 aromatic rings. The van der Waals surface area contributed by atoms with E-state index >= 15 is 0 Å². The van der Waals surface area contributed by atoms with E-state index < -0.39 is 0 Å². The standard InChI is InChI=1S/C24H23FN6OS/c1-32-19-5-2-6-20(12-19)33-24-30-29-23(31(24)9-3-4-18-14-26-15-28-18)10-16-13-27-22-11-17(25)7-8-21(16)22/h2,5-8,11-15,27H,3-4,9-10H2,1H3,(H,26,28). The largest absolute Gasteiger partial charge is 0.497 e. The smallest absolute Gasteiger partial charge is 0.196 e. The Morgan fingerprint density at radius 1 is 1.12 bits per heavy atom. The molecule has 0 radical (unpaired) electrons. The molecule has 5 rings (SSSR count). The maximum Gasteiger partial charge on any atom is 0.196 e. The van der Waals surface area contributed by atoms with Gasteiger partial charge in [-0.05, 0) is 66.6 Å². The molecule has 9 heteroatoms. The van der Waals surface area contributed by atoms with Crippen molar-refractivity contribution in [2.75, 3.05) is 7.11 Å². The number of rotatable bonds is 9. The van der Waals surface area contributed by atoms with E-state index in [0.717, 1.165) is 63.2 Å². The highest BCUT2D eigenvalue weighted by Gasteiger charge is 2.16. The number of nitrogens with one attached hydrogen (secondary N) is 2. The fourth-order valence-electron chi connectivity index (χ4n) is 3.84. The zero-order chi connectivity index (χ0) is 22.6. The van der Waals surface area contributed by atoms with Gasteiger partial charge in [-0.2, -0.15) is 0 Å². The van der Waals surface area contributed by atoms with E-state index in [2.05, 4.69) is 29.7 Å². The summed E-state index contributed by atoms with van der Waals surface area (Å²) in [5.41, 5.74) is 2.87. The minimum absolute atomic E-state index is 0.255. The number of fused-ring (bicyclic) bond motifs is 1. The number of H-pyrrole nitrogens is 2. The molecule has 0 unspecified atom stereocenters. The number of aromatic nitrogens is 6. The second kappa shape index (κ2) is 9.50. The molecule has 33 heavy (non-hydrogen) atoms. The molecule has 0 aliphatic rings. The summed E-state index contributed by atoms with van der Waals surface area (Å²) in [5, 5.41) is 10.8. The lowest BCUT2D eigenvalue weighted by Crippen LogP contribution is -2.07. The number of hydrogen-bond donors (Lipinski definition) is 2. The van der Waals surface area contributed by atoms with Gasteiger partial charge in [-0.1, -0.05) is 6.07 Å². The molecular formula is C24H23FN6OS. The molecule has 0 bridgehead atoms. The first-order chi connectivity index (χ1) is 16.2.